The Bertz CT molecular complexity index is 144. The third-order valence-electron chi connectivity index (χ3n) is 2.54. The zero-order valence-electron chi connectivity index (χ0n) is 8.17. The van der Waals surface area contributed by atoms with Gasteiger partial charge in [0.15, 0.2) is 0 Å². The van der Waals surface area contributed by atoms with Crippen LogP contribution in [0.1, 0.15) is 12.8 Å². The van der Waals surface area contributed by atoms with Gasteiger partial charge < -0.3 is 15.8 Å². The summed E-state index contributed by atoms with van der Waals surface area (Å²) in [6, 6.07) is 0.419. The van der Waals surface area contributed by atoms with E-state index in [1.807, 2.05) is 6.08 Å². The summed E-state index contributed by atoms with van der Waals surface area (Å²) in [6.07, 6.45) is 4.07. The third-order valence-corrected chi connectivity index (χ3v) is 2.54. The molecule has 76 valence electrons. The van der Waals surface area contributed by atoms with Gasteiger partial charge in [0, 0.05) is 25.1 Å². The molecule has 0 aliphatic carbocycles. The Morgan fingerprint density at radius 2 is 2.54 bits per heavy atom. The predicted octanol–water partition coefficient (Wildman–Crippen LogP) is 0.516. The van der Waals surface area contributed by atoms with Gasteiger partial charge in [-0.05, 0) is 19.4 Å². The van der Waals surface area contributed by atoms with Crippen molar-refractivity contribution >= 4 is 0 Å². The van der Waals surface area contributed by atoms with Crippen molar-refractivity contribution in [3.8, 4) is 0 Å². The van der Waals surface area contributed by atoms with Crippen molar-refractivity contribution in [3.63, 3.8) is 0 Å². The number of nitrogens with two attached hydrogens (primary N) is 1. The summed E-state index contributed by atoms with van der Waals surface area (Å²) in [4.78, 5) is 0. The first-order chi connectivity index (χ1) is 6.38. The fourth-order valence-electron chi connectivity index (χ4n) is 1.68. The molecule has 1 aliphatic rings. The fraction of sp³-hybridized carbons (Fsp3) is 0.800. The molecule has 2 unspecified atom stereocenters. The van der Waals surface area contributed by atoms with Crippen molar-refractivity contribution < 1.29 is 4.74 Å². The van der Waals surface area contributed by atoms with E-state index in [-0.39, 0.29) is 0 Å². The number of nitrogens with one attached hydrogen (secondary N) is 1. The van der Waals surface area contributed by atoms with Crippen molar-refractivity contribution in [2.75, 3.05) is 26.3 Å². The maximum atomic E-state index is 5.69. The zero-order chi connectivity index (χ0) is 9.52. The predicted molar refractivity (Wildman–Crippen MR) is 54.6 cm³/mol. The smallest absolute Gasteiger partial charge is 0.0510 e. The van der Waals surface area contributed by atoms with Gasteiger partial charge in [0.05, 0.1) is 6.61 Å². The second-order valence-corrected chi connectivity index (χ2v) is 3.50. The summed E-state index contributed by atoms with van der Waals surface area (Å²) in [6.45, 7) is 7.12. The first-order valence-corrected chi connectivity index (χ1v) is 5.00. The van der Waals surface area contributed by atoms with E-state index in [0.717, 1.165) is 32.6 Å². The van der Waals surface area contributed by atoms with Crippen molar-refractivity contribution in [3.05, 3.63) is 12.7 Å². The summed E-state index contributed by atoms with van der Waals surface area (Å²) in [7, 11) is 0. The van der Waals surface area contributed by atoms with Crippen molar-refractivity contribution in [2.45, 2.75) is 18.9 Å². The standard InChI is InChI=1S/C10H20N2O/c1-2-3-5-12-10(7-11)9-4-6-13-8-9/h2,9-10,12H,1,3-8,11H2. The van der Waals surface area contributed by atoms with Gasteiger partial charge in [-0.25, -0.2) is 0 Å². The highest BCUT2D eigenvalue weighted by Crippen LogP contribution is 2.15. The maximum absolute atomic E-state index is 5.69. The van der Waals surface area contributed by atoms with E-state index in [4.69, 9.17) is 10.5 Å². The summed E-state index contributed by atoms with van der Waals surface area (Å²) in [5, 5.41) is 3.44. The Morgan fingerprint density at radius 1 is 1.69 bits per heavy atom. The molecule has 1 saturated heterocycles. The van der Waals surface area contributed by atoms with Gasteiger partial charge in [-0.2, -0.15) is 0 Å². The second kappa shape index (κ2) is 6.13. The molecule has 0 amide bonds. The van der Waals surface area contributed by atoms with E-state index in [9.17, 15) is 0 Å². The average molecular weight is 184 g/mol. The molecule has 3 nitrogen and oxygen atoms in total. The lowest BCUT2D eigenvalue weighted by molar-refractivity contribution is 0.177. The van der Waals surface area contributed by atoms with Crippen LogP contribution in [0.4, 0.5) is 0 Å². The number of hydrogen-bond donors (Lipinski definition) is 2. The molecule has 1 rings (SSSR count). The molecule has 2 atom stereocenters. The Morgan fingerprint density at radius 3 is 3.08 bits per heavy atom. The molecule has 1 fully saturated rings. The van der Waals surface area contributed by atoms with E-state index in [2.05, 4.69) is 11.9 Å². The lowest BCUT2D eigenvalue weighted by atomic mass is 9.99. The number of hydrogen-bond acceptors (Lipinski definition) is 3. The van der Waals surface area contributed by atoms with Gasteiger partial charge in [-0.3, -0.25) is 0 Å². The Labute approximate surface area is 80.3 Å². The Hall–Kier alpha value is -0.380. The van der Waals surface area contributed by atoms with Crippen LogP contribution in [0.25, 0.3) is 0 Å². The van der Waals surface area contributed by atoms with Gasteiger partial charge in [0.1, 0.15) is 0 Å². The molecule has 0 bridgehead atoms. The first-order valence-electron chi connectivity index (χ1n) is 5.00. The minimum Gasteiger partial charge on any atom is -0.381 e. The zero-order valence-corrected chi connectivity index (χ0v) is 8.17. The molecule has 0 aromatic heterocycles. The van der Waals surface area contributed by atoms with Crippen LogP contribution in [0.5, 0.6) is 0 Å². The van der Waals surface area contributed by atoms with E-state index in [1.165, 1.54) is 0 Å². The van der Waals surface area contributed by atoms with Gasteiger partial charge in [-0.15, -0.1) is 6.58 Å². The summed E-state index contributed by atoms with van der Waals surface area (Å²) >= 11 is 0. The molecule has 0 saturated carbocycles. The maximum Gasteiger partial charge on any atom is 0.0510 e. The topological polar surface area (TPSA) is 47.3 Å². The van der Waals surface area contributed by atoms with Gasteiger partial charge >= 0.3 is 0 Å². The lowest BCUT2D eigenvalue weighted by Gasteiger charge is -2.21. The average Bonchev–Trinajstić information content (AvgIpc) is 2.65. The highest BCUT2D eigenvalue weighted by atomic mass is 16.5. The minimum absolute atomic E-state index is 0.419. The molecule has 0 spiro atoms. The van der Waals surface area contributed by atoms with Crippen LogP contribution in [0, 0.1) is 5.92 Å². The van der Waals surface area contributed by atoms with E-state index >= 15 is 0 Å². The van der Waals surface area contributed by atoms with Crippen molar-refractivity contribution in [2.24, 2.45) is 11.7 Å². The summed E-state index contributed by atoms with van der Waals surface area (Å²) in [5.74, 6) is 0.606. The van der Waals surface area contributed by atoms with Crippen LogP contribution >= 0.6 is 0 Å². The fourth-order valence-corrected chi connectivity index (χ4v) is 1.68. The highest BCUT2D eigenvalue weighted by Gasteiger charge is 2.23. The van der Waals surface area contributed by atoms with Crippen LogP contribution in [0.2, 0.25) is 0 Å². The van der Waals surface area contributed by atoms with E-state index < -0.39 is 0 Å². The Kier molecular flexibility index (Phi) is 5.05. The molecule has 3 heteroatoms. The van der Waals surface area contributed by atoms with Crippen molar-refractivity contribution in [1.29, 1.82) is 0 Å². The first kappa shape index (κ1) is 10.7. The molecular formula is C10H20N2O. The lowest BCUT2D eigenvalue weighted by Crippen LogP contribution is -2.42. The largest absolute Gasteiger partial charge is 0.381 e. The second-order valence-electron chi connectivity index (χ2n) is 3.50. The Balaban J connectivity index is 2.20. The molecule has 1 aliphatic heterocycles. The minimum atomic E-state index is 0.419. The quantitative estimate of drug-likeness (QED) is 0.467. The van der Waals surface area contributed by atoms with Gasteiger partial charge in [-0.1, -0.05) is 6.08 Å². The molecule has 0 radical (unpaired) electrons. The molecular weight excluding hydrogens is 164 g/mol. The molecule has 3 N–H and O–H groups in total. The monoisotopic (exact) mass is 184 g/mol. The third kappa shape index (κ3) is 3.46. The summed E-state index contributed by atoms with van der Waals surface area (Å²) < 4.78 is 5.33. The van der Waals surface area contributed by atoms with Crippen LogP contribution in [0.15, 0.2) is 12.7 Å². The number of rotatable bonds is 6. The summed E-state index contributed by atoms with van der Waals surface area (Å²) in [5.41, 5.74) is 5.69. The van der Waals surface area contributed by atoms with Crippen LogP contribution in [-0.2, 0) is 4.74 Å². The molecule has 0 aromatic rings. The van der Waals surface area contributed by atoms with Gasteiger partial charge in [0.2, 0.25) is 0 Å². The normalized spacial score (nSPS) is 24.5. The van der Waals surface area contributed by atoms with Crippen molar-refractivity contribution in [1.82, 2.24) is 5.32 Å². The highest BCUT2D eigenvalue weighted by molar-refractivity contribution is 4.81. The molecule has 13 heavy (non-hydrogen) atoms. The van der Waals surface area contributed by atoms with Crippen LogP contribution in [-0.4, -0.2) is 32.3 Å². The van der Waals surface area contributed by atoms with Gasteiger partial charge in [0.25, 0.3) is 0 Å². The van der Waals surface area contributed by atoms with E-state index in [1.54, 1.807) is 0 Å². The van der Waals surface area contributed by atoms with E-state index in [0.29, 0.717) is 18.5 Å². The molecule has 1 heterocycles. The SMILES string of the molecule is C=CCCNC(CN)C1CCOC1. The molecule has 0 aromatic carbocycles. The van der Waals surface area contributed by atoms with Crippen LogP contribution < -0.4 is 11.1 Å². The van der Waals surface area contributed by atoms with Crippen LogP contribution in [0.3, 0.4) is 0 Å². The number of ether oxygens (including phenoxy) is 1.